The van der Waals surface area contributed by atoms with Crippen LogP contribution in [0.15, 0.2) is 13.2 Å². The minimum Gasteiger partial charge on any atom is -0.465 e. The second-order valence-corrected chi connectivity index (χ2v) is 3.11. The lowest BCUT2D eigenvalue weighted by Gasteiger charge is -2.25. The Morgan fingerprint density at radius 2 is 2.00 bits per heavy atom. The molecular weight excluding hydrogens is 194 g/mol. The number of nitrogens with zero attached hydrogens (tertiary/aromatic N) is 1. The molecule has 0 unspecified atom stereocenters. The zero-order valence-electron chi connectivity index (χ0n) is 9.54. The number of carbonyl (C=O) groups is 1. The van der Waals surface area contributed by atoms with Gasteiger partial charge in [-0.25, -0.2) is 0 Å². The summed E-state index contributed by atoms with van der Waals surface area (Å²) in [5.74, 6) is -0.122. The van der Waals surface area contributed by atoms with Crippen molar-refractivity contribution in [1.29, 1.82) is 0 Å². The Bertz CT molecular complexity index is 167. The van der Waals surface area contributed by atoms with Gasteiger partial charge in [0.1, 0.15) is 0 Å². The minimum atomic E-state index is -0.122. The Labute approximate surface area is 91.8 Å². The van der Waals surface area contributed by atoms with Crippen molar-refractivity contribution in [2.45, 2.75) is 13.3 Å². The lowest BCUT2D eigenvalue weighted by atomic mass is 10.4. The quantitative estimate of drug-likeness (QED) is 0.519. The summed E-state index contributed by atoms with van der Waals surface area (Å²) in [6.07, 6.45) is 0.884. The van der Waals surface area contributed by atoms with Gasteiger partial charge in [0.25, 0.3) is 0 Å². The van der Waals surface area contributed by atoms with Crippen LogP contribution in [0.4, 0.5) is 0 Å². The molecule has 4 heteroatoms. The molecule has 0 amide bonds. The summed E-state index contributed by atoms with van der Waals surface area (Å²) in [4.78, 5) is 13.2. The first kappa shape index (κ1) is 14.1. The fourth-order valence-electron chi connectivity index (χ4n) is 1.20. The van der Waals surface area contributed by atoms with E-state index >= 15 is 0 Å². The number of carbonyl (C=O) groups excluding carboxylic acids is 1. The van der Waals surface area contributed by atoms with Gasteiger partial charge in [-0.15, -0.1) is 13.2 Å². The van der Waals surface area contributed by atoms with Crippen LogP contribution >= 0.6 is 0 Å². The fraction of sp³-hybridized carbons (Fsp3) is 0.727. The van der Waals surface area contributed by atoms with E-state index in [1.165, 1.54) is 0 Å². The average molecular weight is 215 g/mol. The monoisotopic (exact) mass is 215 g/mol. The minimum absolute atomic E-state index is 0.122. The molecule has 0 aromatic rings. The van der Waals surface area contributed by atoms with Crippen LogP contribution in [0.1, 0.15) is 13.3 Å². The number of hydrogen-bond acceptors (Lipinski definition) is 4. The van der Waals surface area contributed by atoms with E-state index < -0.39 is 0 Å². The van der Waals surface area contributed by atoms with Crippen LogP contribution in [-0.4, -0.2) is 50.3 Å². The first-order chi connectivity index (χ1) is 7.33. The molecule has 15 heavy (non-hydrogen) atoms. The van der Waals surface area contributed by atoms with Gasteiger partial charge in [-0.1, -0.05) is 6.92 Å². The Balaban J connectivity index is 0.000000921. The number of rotatable bonds is 4. The Morgan fingerprint density at radius 3 is 2.53 bits per heavy atom. The summed E-state index contributed by atoms with van der Waals surface area (Å²) in [5.41, 5.74) is 0. The fourth-order valence-corrected chi connectivity index (χ4v) is 1.20. The van der Waals surface area contributed by atoms with Crippen LogP contribution < -0.4 is 0 Å². The van der Waals surface area contributed by atoms with Gasteiger partial charge in [0.15, 0.2) is 0 Å². The zero-order valence-corrected chi connectivity index (χ0v) is 9.54. The normalized spacial score (nSPS) is 16.3. The predicted molar refractivity (Wildman–Crippen MR) is 59.8 cm³/mol. The van der Waals surface area contributed by atoms with Crippen LogP contribution in [0.25, 0.3) is 0 Å². The maximum atomic E-state index is 11.2. The van der Waals surface area contributed by atoms with Crippen LogP contribution in [0.5, 0.6) is 0 Å². The van der Waals surface area contributed by atoms with Crippen molar-refractivity contribution in [3.05, 3.63) is 13.2 Å². The van der Waals surface area contributed by atoms with Crippen LogP contribution in [-0.2, 0) is 14.3 Å². The lowest BCUT2D eigenvalue weighted by Crippen LogP contribution is -2.40. The van der Waals surface area contributed by atoms with E-state index in [4.69, 9.17) is 9.47 Å². The van der Waals surface area contributed by atoms with E-state index in [0.29, 0.717) is 13.2 Å². The number of hydrogen-bond donors (Lipinski definition) is 0. The summed E-state index contributed by atoms with van der Waals surface area (Å²) in [6, 6.07) is 0. The molecule has 0 bridgehead atoms. The van der Waals surface area contributed by atoms with Crippen molar-refractivity contribution in [3.63, 3.8) is 0 Å². The highest BCUT2D eigenvalue weighted by Gasteiger charge is 2.14. The van der Waals surface area contributed by atoms with Crippen molar-refractivity contribution in [3.8, 4) is 0 Å². The highest BCUT2D eigenvalue weighted by molar-refractivity contribution is 5.71. The molecule has 0 atom stereocenters. The van der Waals surface area contributed by atoms with Gasteiger partial charge >= 0.3 is 5.97 Å². The predicted octanol–water partition coefficient (Wildman–Crippen LogP) is 1.07. The highest BCUT2D eigenvalue weighted by atomic mass is 16.5. The number of esters is 1. The summed E-state index contributed by atoms with van der Waals surface area (Å²) in [7, 11) is 0. The summed E-state index contributed by atoms with van der Waals surface area (Å²) < 4.78 is 10.1. The summed E-state index contributed by atoms with van der Waals surface area (Å²) in [5, 5.41) is 0. The van der Waals surface area contributed by atoms with Crippen LogP contribution in [0.2, 0.25) is 0 Å². The summed E-state index contributed by atoms with van der Waals surface area (Å²) in [6.45, 7) is 12.0. The molecule has 0 saturated carbocycles. The molecule has 4 nitrogen and oxygen atoms in total. The molecule has 0 N–H and O–H groups in total. The van der Waals surface area contributed by atoms with Crippen molar-refractivity contribution in [2.24, 2.45) is 0 Å². The van der Waals surface area contributed by atoms with Gasteiger partial charge in [-0.2, -0.15) is 0 Å². The van der Waals surface area contributed by atoms with Crippen molar-refractivity contribution < 1.29 is 14.3 Å². The van der Waals surface area contributed by atoms with Gasteiger partial charge in [0.05, 0.1) is 26.4 Å². The molecule has 1 aliphatic rings. The van der Waals surface area contributed by atoms with E-state index in [2.05, 4.69) is 18.1 Å². The van der Waals surface area contributed by atoms with Crippen molar-refractivity contribution >= 4 is 5.97 Å². The highest BCUT2D eigenvalue weighted by Crippen LogP contribution is 1.96. The topological polar surface area (TPSA) is 38.8 Å². The molecule has 1 aliphatic heterocycles. The Kier molecular flexibility index (Phi) is 9.11. The molecular formula is C11H21NO3. The third-order valence-corrected chi connectivity index (χ3v) is 1.92. The van der Waals surface area contributed by atoms with E-state index in [0.717, 1.165) is 32.7 Å². The van der Waals surface area contributed by atoms with E-state index in [1.807, 2.05) is 6.92 Å². The number of morpholine rings is 1. The average Bonchev–Trinajstić information content (AvgIpc) is 2.30. The lowest BCUT2D eigenvalue weighted by molar-refractivity contribution is -0.145. The smallest absolute Gasteiger partial charge is 0.320 e. The van der Waals surface area contributed by atoms with Gasteiger partial charge in [0.2, 0.25) is 0 Å². The van der Waals surface area contributed by atoms with Gasteiger partial charge in [-0.3, -0.25) is 9.69 Å². The maximum absolute atomic E-state index is 11.2. The molecule has 0 radical (unpaired) electrons. The molecule has 1 fully saturated rings. The Hall–Kier alpha value is -0.870. The molecule has 1 heterocycles. The van der Waals surface area contributed by atoms with E-state index in [9.17, 15) is 4.79 Å². The number of ether oxygens (including phenoxy) is 2. The van der Waals surface area contributed by atoms with Gasteiger partial charge in [0, 0.05) is 13.1 Å². The van der Waals surface area contributed by atoms with Gasteiger partial charge < -0.3 is 9.47 Å². The molecule has 0 spiro atoms. The third-order valence-electron chi connectivity index (χ3n) is 1.92. The third kappa shape index (κ3) is 7.11. The van der Waals surface area contributed by atoms with Crippen molar-refractivity contribution in [2.75, 3.05) is 39.5 Å². The van der Waals surface area contributed by atoms with Crippen LogP contribution in [0.3, 0.4) is 0 Å². The molecule has 88 valence electrons. The molecule has 1 saturated heterocycles. The maximum Gasteiger partial charge on any atom is 0.320 e. The molecule has 0 aromatic carbocycles. The largest absolute Gasteiger partial charge is 0.465 e. The summed E-state index contributed by atoms with van der Waals surface area (Å²) >= 11 is 0. The molecule has 0 aliphatic carbocycles. The second-order valence-electron chi connectivity index (χ2n) is 3.11. The zero-order chi connectivity index (χ0) is 11.5. The van der Waals surface area contributed by atoms with Crippen LogP contribution in [0, 0.1) is 0 Å². The second kappa shape index (κ2) is 9.68. The van der Waals surface area contributed by atoms with E-state index in [1.54, 1.807) is 0 Å². The van der Waals surface area contributed by atoms with Gasteiger partial charge in [-0.05, 0) is 6.42 Å². The van der Waals surface area contributed by atoms with Crippen molar-refractivity contribution in [1.82, 2.24) is 4.90 Å². The molecule has 0 aromatic heterocycles. The first-order valence-corrected chi connectivity index (χ1v) is 5.28. The molecule has 1 rings (SSSR count). The standard InChI is InChI=1S/C9H17NO3.C2H4/c1-2-5-13-9(11)8-10-3-6-12-7-4-10;1-2/h2-8H2,1H3;1-2H2. The van der Waals surface area contributed by atoms with E-state index in [-0.39, 0.29) is 5.97 Å². The Morgan fingerprint density at radius 1 is 1.40 bits per heavy atom. The first-order valence-electron chi connectivity index (χ1n) is 5.28. The SMILES string of the molecule is C=C.CCCOC(=O)CN1CCOCC1.